The van der Waals surface area contributed by atoms with Crippen molar-refractivity contribution >= 4 is 11.7 Å². The Morgan fingerprint density at radius 2 is 2.12 bits per heavy atom. The molecule has 0 bridgehead atoms. The number of hydrogen-bond acceptors (Lipinski definition) is 2. The number of anilines is 1. The number of carboxylic acids is 1. The molecule has 92 valence electrons. The number of rotatable bonds is 3. The molecule has 1 aliphatic heterocycles. The van der Waals surface area contributed by atoms with Gasteiger partial charge in [0.25, 0.3) is 0 Å². The molecule has 1 aromatic rings. The van der Waals surface area contributed by atoms with Crippen LogP contribution in [0.2, 0.25) is 0 Å². The molecule has 2 rings (SSSR count). The number of hydrogen-bond donors (Lipinski definition) is 1. The lowest BCUT2D eigenvalue weighted by Crippen LogP contribution is -2.44. The van der Waals surface area contributed by atoms with Gasteiger partial charge in [-0.1, -0.05) is 25.1 Å². The summed E-state index contributed by atoms with van der Waals surface area (Å²) in [4.78, 5) is 13.4. The highest BCUT2D eigenvalue weighted by atomic mass is 16.4. The lowest BCUT2D eigenvalue weighted by atomic mass is 9.89. The van der Waals surface area contributed by atoms with E-state index in [0.717, 1.165) is 25.8 Å². The van der Waals surface area contributed by atoms with Gasteiger partial charge in [0.05, 0.1) is 5.92 Å². The SMILES string of the molecule is CCC1CC(C(=O)O)CCN1c1ccccc1. The van der Waals surface area contributed by atoms with E-state index < -0.39 is 5.97 Å². The molecule has 0 amide bonds. The molecule has 3 heteroatoms. The van der Waals surface area contributed by atoms with E-state index >= 15 is 0 Å². The first kappa shape index (κ1) is 12.0. The summed E-state index contributed by atoms with van der Waals surface area (Å²) in [5.74, 6) is -0.809. The van der Waals surface area contributed by atoms with E-state index in [1.165, 1.54) is 5.69 Å². The minimum atomic E-state index is -0.642. The number of carbonyl (C=O) groups is 1. The maximum atomic E-state index is 11.0. The van der Waals surface area contributed by atoms with Crippen LogP contribution in [0.25, 0.3) is 0 Å². The zero-order valence-electron chi connectivity index (χ0n) is 10.2. The number of para-hydroxylation sites is 1. The van der Waals surface area contributed by atoms with Crippen LogP contribution in [0.4, 0.5) is 5.69 Å². The van der Waals surface area contributed by atoms with Crippen molar-refractivity contribution in [2.24, 2.45) is 5.92 Å². The Bertz CT molecular complexity index is 377. The van der Waals surface area contributed by atoms with Crippen molar-refractivity contribution in [1.82, 2.24) is 0 Å². The van der Waals surface area contributed by atoms with Crippen LogP contribution in [0.1, 0.15) is 26.2 Å². The van der Waals surface area contributed by atoms with E-state index in [1.54, 1.807) is 0 Å². The Morgan fingerprint density at radius 1 is 1.41 bits per heavy atom. The van der Waals surface area contributed by atoms with Crippen LogP contribution in [0, 0.1) is 5.92 Å². The standard InChI is InChI=1S/C14H19NO2/c1-2-12-10-11(14(16)17)8-9-15(12)13-6-4-3-5-7-13/h3-7,11-12H,2,8-10H2,1H3,(H,16,17). The van der Waals surface area contributed by atoms with Crippen molar-refractivity contribution in [3.63, 3.8) is 0 Å². The molecule has 1 aromatic carbocycles. The molecule has 1 heterocycles. The molecule has 0 spiro atoms. The Hall–Kier alpha value is -1.51. The molecular weight excluding hydrogens is 214 g/mol. The number of nitrogens with zero attached hydrogens (tertiary/aromatic N) is 1. The van der Waals surface area contributed by atoms with Crippen LogP contribution >= 0.6 is 0 Å². The lowest BCUT2D eigenvalue weighted by molar-refractivity contribution is -0.142. The summed E-state index contributed by atoms with van der Waals surface area (Å²) >= 11 is 0. The maximum absolute atomic E-state index is 11.0. The molecule has 2 unspecified atom stereocenters. The molecule has 1 aliphatic rings. The van der Waals surface area contributed by atoms with Gasteiger partial charge in [0, 0.05) is 18.3 Å². The van der Waals surface area contributed by atoms with Gasteiger partial charge >= 0.3 is 5.97 Å². The minimum Gasteiger partial charge on any atom is -0.481 e. The number of piperidine rings is 1. The van der Waals surface area contributed by atoms with Gasteiger partial charge in [-0.05, 0) is 31.4 Å². The van der Waals surface area contributed by atoms with E-state index in [9.17, 15) is 4.79 Å². The van der Waals surface area contributed by atoms with Crippen LogP contribution in [0.3, 0.4) is 0 Å². The first-order valence-corrected chi connectivity index (χ1v) is 6.27. The van der Waals surface area contributed by atoms with Gasteiger partial charge in [0.2, 0.25) is 0 Å². The third kappa shape index (κ3) is 2.60. The second-order valence-electron chi connectivity index (χ2n) is 4.65. The van der Waals surface area contributed by atoms with Crippen molar-refractivity contribution in [3.05, 3.63) is 30.3 Å². The van der Waals surface area contributed by atoms with Crippen molar-refractivity contribution in [1.29, 1.82) is 0 Å². The maximum Gasteiger partial charge on any atom is 0.306 e. The third-order valence-corrected chi connectivity index (χ3v) is 3.62. The summed E-state index contributed by atoms with van der Waals surface area (Å²) < 4.78 is 0. The smallest absolute Gasteiger partial charge is 0.306 e. The van der Waals surface area contributed by atoms with E-state index in [0.29, 0.717) is 6.04 Å². The van der Waals surface area contributed by atoms with Gasteiger partial charge in [-0.3, -0.25) is 4.79 Å². The van der Waals surface area contributed by atoms with Crippen LogP contribution in [-0.2, 0) is 4.79 Å². The van der Waals surface area contributed by atoms with Crippen molar-refractivity contribution in [2.45, 2.75) is 32.2 Å². The van der Waals surface area contributed by atoms with Gasteiger partial charge in [0.15, 0.2) is 0 Å². The molecule has 0 aromatic heterocycles. The van der Waals surface area contributed by atoms with Crippen LogP contribution in [0.15, 0.2) is 30.3 Å². The van der Waals surface area contributed by atoms with E-state index in [2.05, 4.69) is 24.0 Å². The zero-order chi connectivity index (χ0) is 12.3. The Morgan fingerprint density at radius 3 is 2.71 bits per heavy atom. The van der Waals surface area contributed by atoms with Crippen LogP contribution in [-0.4, -0.2) is 23.7 Å². The first-order chi connectivity index (χ1) is 8.22. The Labute approximate surface area is 102 Å². The molecule has 17 heavy (non-hydrogen) atoms. The monoisotopic (exact) mass is 233 g/mol. The Kier molecular flexibility index (Phi) is 3.67. The third-order valence-electron chi connectivity index (χ3n) is 3.62. The lowest BCUT2D eigenvalue weighted by Gasteiger charge is -2.39. The average molecular weight is 233 g/mol. The van der Waals surface area contributed by atoms with E-state index in [-0.39, 0.29) is 5.92 Å². The summed E-state index contributed by atoms with van der Waals surface area (Å²) in [6.45, 7) is 2.98. The molecule has 0 aliphatic carbocycles. The fourth-order valence-corrected chi connectivity index (χ4v) is 2.62. The molecule has 3 nitrogen and oxygen atoms in total. The van der Waals surface area contributed by atoms with Crippen LogP contribution < -0.4 is 4.90 Å². The molecule has 0 radical (unpaired) electrons. The molecule has 1 saturated heterocycles. The summed E-state index contributed by atoms with van der Waals surface area (Å²) in [5.41, 5.74) is 1.21. The molecule has 1 fully saturated rings. The van der Waals surface area contributed by atoms with Gasteiger partial charge in [-0.15, -0.1) is 0 Å². The van der Waals surface area contributed by atoms with Gasteiger partial charge in [-0.2, -0.15) is 0 Å². The second-order valence-corrected chi connectivity index (χ2v) is 4.65. The first-order valence-electron chi connectivity index (χ1n) is 6.27. The Balaban J connectivity index is 2.12. The molecule has 2 atom stereocenters. The minimum absolute atomic E-state index is 0.167. The average Bonchev–Trinajstić information content (AvgIpc) is 2.39. The van der Waals surface area contributed by atoms with Gasteiger partial charge in [-0.25, -0.2) is 0 Å². The summed E-state index contributed by atoms with van der Waals surface area (Å²) in [5, 5.41) is 9.09. The molecule has 1 N–H and O–H groups in total. The highest BCUT2D eigenvalue weighted by Gasteiger charge is 2.31. The fourth-order valence-electron chi connectivity index (χ4n) is 2.62. The quantitative estimate of drug-likeness (QED) is 0.872. The number of benzene rings is 1. The van der Waals surface area contributed by atoms with Gasteiger partial charge in [0.1, 0.15) is 0 Å². The highest BCUT2D eigenvalue weighted by molar-refractivity contribution is 5.70. The number of aliphatic carboxylic acids is 1. The topological polar surface area (TPSA) is 40.5 Å². The predicted octanol–water partition coefficient (Wildman–Crippen LogP) is 2.77. The molecule has 0 saturated carbocycles. The summed E-state index contributed by atoms with van der Waals surface area (Å²) in [6.07, 6.45) is 2.51. The molecular formula is C14H19NO2. The number of carboxylic acid groups (broad SMARTS) is 1. The van der Waals surface area contributed by atoms with Crippen LogP contribution in [0.5, 0.6) is 0 Å². The fraction of sp³-hybridized carbons (Fsp3) is 0.500. The van der Waals surface area contributed by atoms with E-state index in [1.807, 2.05) is 18.2 Å². The predicted molar refractivity (Wildman–Crippen MR) is 68.2 cm³/mol. The highest BCUT2D eigenvalue weighted by Crippen LogP contribution is 2.29. The van der Waals surface area contributed by atoms with Gasteiger partial charge < -0.3 is 10.0 Å². The van der Waals surface area contributed by atoms with Crippen molar-refractivity contribution in [3.8, 4) is 0 Å². The zero-order valence-corrected chi connectivity index (χ0v) is 10.2. The second kappa shape index (κ2) is 5.21. The van der Waals surface area contributed by atoms with E-state index in [4.69, 9.17) is 5.11 Å². The normalized spacial score (nSPS) is 24.6. The summed E-state index contributed by atoms with van der Waals surface area (Å²) in [7, 11) is 0. The largest absolute Gasteiger partial charge is 0.481 e. The van der Waals surface area contributed by atoms with Crippen molar-refractivity contribution < 1.29 is 9.90 Å². The summed E-state index contributed by atoms with van der Waals surface area (Å²) in [6, 6.07) is 10.6. The van der Waals surface area contributed by atoms with Crippen molar-refractivity contribution in [2.75, 3.05) is 11.4 Å².